The molecule has 1 fully saturated rings. The van der Waals surface area contributed by atoms with Crippen molar-refractivity contribution >= 4 is 29.3 Å². The average Bonchev–Trinajstić information content (AvgIpc) is 2.18. The Balaban J connectivity index is 2.01. The summed E-state index contributed by atoms with van der Waals surface area (Å²) in [6, 6.07) is 0. The van der Waals surface area contributed by atoms with E-state index in [0.717, 1.165) is 0 Å². The van der Waals surface area contributed by atoms with Crippen LogP contribution in [0.15, 0.2) is 17.4 Å². The average molecular weight is 242 g/mol. The lowest BCUT2D eigenvalue weighted by Gasteiger charge is -2.19. The third kappa shape index (κ3) is 3.27. The quantitative estimate of drug-likeness (QED) is 0.613. The zero-order chi connectivity index (χ0) is 9.64. The Kier molecular flexibility index (Phi) is 4.85. The predicted octanol–water partition coefficient (Wildman–Crippen LogP) is 4.92. The maximum absolute atomic E-state index is 2.47. The summed E-state index contributed by atoms with van der Waals surface area (Å²) in [5, 5.41) is 1.77. The molecule has 0 unspecified atom stereocenters. The summed E-state index contributed by atoms with van der Waals surface area (Å²) in [7, 11) is 3.18. The zero-order valence-corrected chi connectivity index (χ0v) is 11.2. The van der Waals surface area contributed by atoms with Crippen molar-refractivity contribution < 1.29 is 0 Å². The van der Waals surface area contributed by atoms with Crippen LogP contribution in [0.5, 0.6) is 0 Å². The third-order valence-corrected chi connectivity index (χ3v) is 8.48. The molecule has 0 aliphatic carbocycles. The van der Waals surface area contributed by atoms with Gasteiger partial charge >= 0.3 is 0 Å². The van der Waals surface area contributed by atoms with Crippen LogP contribution in [0.25, 0.3) is 0 Å². The van der Waals surface area contributed by atoms with Crippen molar-refractivity contribution in [1.29, 1.82) is 0 Å². The minimum Gasteiger partial charge on any atom is -0.0751 e. The molecular weight excluding hydrogens is 225 g/mol. The van der Waals surface area contributed by atoms with Crippen LogP contribution < -0.4 is 5.04 Å². The summed E-state index contributed by atoms with van der Waals surface area (Å²) < 4.78 is 0. The van der Waals surface area contributed by atoms with Gasteiger partial charge in [-0.15, -0.1) is 0 Å². The van der Waals surface area contributed by atoms with Crippen molar-refractivity contribution in [2.75, 3.05) is 12.3 Å². The van der Waals surface area contributed by atoms with E-state index in [1.54, 1.807) is 5.04 Å². The van der Waals surface area contributed by atoms with Gasteiger partial charge in [-0.25, -0.2) is 0 Å². The largest absolute Gasteiger partial charge is 0.0751 e. The van der Waals surface area contributed by atoms with E-state index in [9.17, 15) is 0 Å². The van der Waals surface area contributed by atoms with Gasteiger partial charge in [-0.3, -0.25) is 0 Å². The Morgan fingerprint density at radius 1 is 0.929 bits per heavy atom. The van der Waals surface area contributed by atoms with E-state index in [4.69, 9.17) is 0 Å². The van der Waals surface area contributed by atoms with Crippen LogP contribution in [0.1, 0.15) is 32.1 Å². The van der Waals surface area contributed by atoms with E-state index < -0.39 is 0 Å². The van der Waals surface area contributed by atoms with Crippen LogP contribution in [-0.2, 0) is 0 Å². The molecule has 0 N–H and O–H groups in total. The smallest absolute Gasteiger partial charge is 0.00756 e. The highest BCUT2D eigenvalue weighted by atomic mass is 31.1. The molecule has 14 heavy (non-hydrogen) atoms. The molecule has 0 saturated carbocycles. The second-order valence-electron chi connectivity index (χ2n) is 3.82. The molecule has 1 aliphatic heterocycles. The maximum atomic E-state index is 2.47. The van der Waals surface area contributed by atoms with Crippen LogP contribution in [0.3, 0.4) is 0 Å². The van der Waals surface area contributed by atoms with Gasteiger partial charge in [0, 0.05) is 5.04 Å². The number of rotatable bonds is 1. The van der Waals surface area contributed by atoms with Crippen molar-refractivity contribution in [3.05, 3.63) is 17.4 Å². The number of hydrogen-bond acceptors (Lipinski definition) is 0. The first-order valence-electron chi connectivity index (χ1n) is 5.48. The Bertz CT molecular complexity index is 252. The molecule has 0 aromatic carbocycles. The normalized spacial score (nSPS) is 21.1. The second-order valence-corrected chi connectivity index (χ2v) is 8.52. The Morgan fingerprint density at radius 3 is 2.29 bits per heavy atom. The fraction of sp³-hybridized carbons (Fsp3) is 0.636. The molecule has 1 aromatic rings. The first kappa shape index (κ1) is 11.0. The lowest BCUT2D eigenvalue weighted by molar-refractivity contribution is 0.649. The molecule has 0 atom stereocenters. The van der Waals surface area contributed by atoms with Crippen molar-refractivity contribution in [1.82, 2.24) is 0 Å². The summed E-state index contributed by atoms with van der Waals surface area (Å²) in [4.78, 5) is 0. The molecule has 0 radical (unpaired) electrons. The van der Waals surface area contributed by atoms with Gasteiger partial charge in [0.25, 0.3) is 0 Å². The fourth-order valence-electron chi connectivity index (χ4n) is 1.93. The molecule has 76 valence electrons. The van der Waals surface area contributed by atoms with Crippen molar-refractivity contribution in [2.24, 2.45) is 0 Å². The summed E-state index contributed by atoms with van der Waals surface area (Å²) in [6.45, 7) is 0. The molecule has 0 amide bonds. The molecule has 1 aliphatic rings. The Hall–Kier alpha value is 0.510. The molecular formula is C11H17P3. The minimum absolute atomic E-state index is 0.257. The highest BCUT2D eigenvalue weighted by Crippen LogP contribution is 2.41. The van der Waals surface area contributed by atoms with Gasteiger partial charge in [0.05, 0.1) is 0 Å². The summed E-state index contributed by atoms with van der Waals surface area (Å²) in [6.07, 6.45) is 10.4. The third-order valence-electron chi connectivity index (χ3n) is 2.73. The molecule has 1 saturated heterocycles. The molecule has 0 bridgehead atoms. The lowest BCUT2D eigenvalue weighted by atomic mass is 10.2. The van der Waals surface area contributed by atoms with E-state index in [1.807, 2.05) is 0 Å². The maximum Gasteiger partial charge on any atom is 0.00756 e. The Morgan fingerprint density at radius 2 is 1.64 bits per heavy atom. The van der Waals surface area contributed by atoms with E-state index in [-0.39, 0.29) is 7.92 Å². The number of hydrogen-bond donors (Lipinski definition) is 0. The van der Waals surface area contributed by atoms with Gasteiger partial charge in [-0.05, 0) is 42.6 Å². The van der Waals surface area contributed by atoms with Gasteiger partial charge in [0.2, 0.25) is 0 Å². The van der Waals surface area contributed by atoms with E-state index >= 15 is 0 Å². The fourth-order valence-corrected chi connectivity index (χ4v) is 7.54. The summed E-state index contributed by atoms with van der Waals surface area (Å²) >= 11 is 0. The Labute approximate surface area is 91.5 Å². The highest BCUT2D eigenvalue weighted by Gasteiger charge is 2.12. The highest BCUT2D eigenvalue weighted by molar-refractivity contribution is 7.74. The van der Waals surface area contributed by atoms with E-state index in [0.29, 0.717) is 0 Å². The predicted molar refractivity (Wildman–Crippen MR) is 70.8 cm³/mol. The van der Waals surface area contributed by atoms with Crippen LogP contribution in [0, 0.1) is 0 Å². The van der Waals surface area contributed by atoms with Crippen LogP contribution >= 0.6 is 24.3 Å². The van der Waals surface area contributed by atoms with Gasteiger partial charge in [0.1, 0.15) is 0 Å². The lowest BCUT2D eigenvalue weighted by Crippen LogP contribution is -2.04. The molecule has 2 heterocycles. The first-order chi connectivity index (χ1) is 6.97. The van der Waals surface area contributed by atoms with Crippen molar-refractivity contribution in [2.45, 2.75) is 32.1 Å². The van der Waals surface area contributed by atoms with Crippen LogP contribution in [0.4, 0.5) is 0 Å². The van der Waals surface area contributed by atoms with Gasteiger partial charge < -0.3 is 0 Å². The standard InChI is InChI=1S/C11H17P3/c1-2-4-8-14(9-5-3-1)11-10-12-6-7-13-11/h6-7,10H,1-5,8-9H2. The van der Waals surface area contributed by atoms with Crippen molar-refractivity contribution in [3.8, 4) is 0 Å². The SMILES string of the molecule is c1cpc(P2CCCCCCC2)cp1. The molecule has 1 aromatic heterocycles. The summed E-state index contributed by atoms with van der Waals surface area (Å²) in [5.41, 5.74) is 0. The molecule has 2 rings (SSSR count). The zero-order valence-electron chi connectivity index (χ0n) is 8.52. The van der Waals surface area contributed by atoms with E-state index in [1.165, 1.54) is 60.8 Å². The van der Waals surface area contributed by atoms with Gasteiger partial charge in [0.15, 0.2) is 0 Å². The van der Waals surface area contributed by atoms with Gasteiger partial charge in [-0.1, -0.05) is 43.6 Å². The van der Waals surface area contributed by atoms with Crippen molar-refractivity contribution in [3.63, 3.8) is 0 Å². The monoisotopic (exact) mass is 242 g/mol. The first-order valence-corrected chi connectivity index (χ1v) is 9.18. The van der Waals surface area contributed by atoms with Crippen LogP contribution in [-0.4, -0.2) is 12.3 Å². The molecule has 3 heteroatoms. The minimum atomic E-state index is 0.257. The topological polar surface area (TPSA) is 0 Å². The van der Waals surface area contributed by atoms with E-state index in [2.05, 4.69) is 17.4 Å². The van der Waals surface area contributed by atoms with Gasteiger partial charge in [-0.2, -0.15) is 0 Å². The van der Waals surface area contributed by atoms with Crippen LogP contribution in [0.2, 0.25) is 0 Å². The molecule has 0 spiro atoms. The molecule has 0 nitrogen and oxygen atoms in total. The second kappa shape index (κ2) is 6.17. The summed E-state index contributed by atoms with van der Waals surface area (Å²) in [5.74, 6) is 7.07.